The van der Waals surface area contributed by atoms with Gasteiger partial charge in [0.05, 0.1) is 29.4 Å². The third-order valence-electron chi connectivity index (χ3n) is 3.30. The highest BCUT2D eigenvalue weighted by Crippen LogP contribution is 2.36. The first kappa shape index (κ1) is 20.2. The predicted molar refractivity (Wildman–Crippen MR) is 102 cm³/mol. The van der Waals surface area contributed by atoms with E-state index in [1.807, 2.05) is 13.8 Å². The molecule has 0 saturated heterocycles. The van der Waals surface area contributed by atoms with Crippen LogP contribution in [-0.4, -0.2) is 30.3 Å². The first-order valence-corrected chi connectivity index (χ1v) is 8.31. The van der Waals surface area contributed by atoms with Crippen LogP contribution in [0.3, 0.4) is 0 Å². The molecule has 0 heterocycles. The van der Waals surface area contributed by atoms with Gasteiger partial charge in [-0.3, -0.25) is 14.9 Å². The number of non-ortho nitro benzene ring substituents is 1. The lowest BCUT2D eigenvalue weighted by Crippen LogP contribution is -2.17. The molecule has 2 aromatic carbocycles. The Morgan fingerprint density at radius 3 is 2.70 bits per heavy atom. The fourth-order valence-electron chi connectivity index (χ4n) is 2.16. The Balaban J connectivity index is 2.14. The minimum absolute atomic E-state index is 0.0786. The standard InChI is InChI=1S/C18H18ClN3O5/c1-11(2)27-17-15(19)7-12(8-16(17)26-3)10-20-21-18(23)13-5-4-6-14(9-13)22(24)25/h4-11H,1-3H3,(H,21,23)/b20-10-. The van der Waals surface area contributed by atoms with Crippen molar-refractivity contribution in [2.24, 2.45) is 5.10 Å². The van der Waals surface area contributed by atoms with Gasteiger partial charge in [0.15, 0.2) is 11.5 Å². The third kappa shape index (κ3) is 5.42. The number of nitrogens with one attached hydrogen (secondary N) is 1. The second-order valence-electron chi connectivity index (χ2n) is 5.71. The third-order valence-corrected chi connectivity index (χ3v) is 3.58. The fraction of sp³-hybridized carbons (Fsp3) is 0.222. The zero-order valence-corrected chi connectivity index (χ0v) is 15.7. The van der Waals surface area contributed by atoms with Gasteiger partial charge in [-0.15, -0.1) is 0 Å². The average molecular weight is 392 g/mol. The van der Waals surface area contributed by atoms with Crippen molar-refractivity contribution in [1.82, 2.24) is 5.43 Å². The number of hydrogen-bond donors (Lipinski definition) is 1. The van der Waals surface area contributed by atoms with E-state index in [1.165, 1.54) is 37.6 Å². The lowest BCUT2D eigenvalue weighted by molar-refractivity contribution is -0.384. The van der Waals surface area contributed by atoms with Crippen molar-refractivity contribution in [3.05, 3.63) is 62.7 Å². The van der Waals surface area contributed by atoms with Gasteiger partial charge in [-0.25, -0.2) is 5.43 Å². The van der Waals surface area contributed by atoms with Crippen LogP contribution in [0.2, 0.25) is 5.02 Å². The Bertz CT molecular complexity index is 883. The van der Waals surface area contributed by atoms with Crippen LogP contribution in [0.15, 0.2) is 41.5 Å². The van der Waals surface area contributed by atoms with E-state index in [9.17, 15) is 14.9 Å². The molecule has 0 atom stereocenters. The van der Waals surface area contributed by atoms with Crippen molar-refractivity contribution >= 4 is 29.4 Å². The number of amides is 1. The summed E-state index contributed by atoms with van der Waals surface area (Å²) in [5, 5.41) is 15.0. The molecule has 2 rings (SSSR count). The Kier molecular flexibility index (Phi) is 6.73. The minimum atomic E-state index is -0.576. The second kappa shape index (κ2) is 9.00. The average Bonchev–Trinajstić information content (AvgIpc) is 2.63. The summed E-state index contributed by atoms with van der Waals surface area (Å²) < 4.78 is 10.9. The number of ether oxygens (including phenoxy) is 2. The Morgan fingerprint density at radius 1 is 1.33 bits per heavy atom. The molecule has 1 amide bonds. The summed E-state index contributed by atoms with van der Waals surface area (Å²) in [6.07, 6.45) is 1.30. The normalized spacial score (nSPS) is 10.9. The van der Waals surface area contributed by atoms with Gasteiger partial charge in [-0.05, 0) is 37.6 Å². The van der Waals surface area contributed by atoms with E-state index in [0.717, 1.165) is 0 Å². The molecule has 142 valence electrons. The first-order chi connectivity index (χ1) is 12.8. The maximum absolute atomic E-state index is 12.1. The molecular weight excluding hydrogens is 374 g/mol. The van der Waals surface area contributed by atoms with Crippen molar-refractivity contribution in [2.75, 3.05) is 7.11 Å². The van der Waals surface area contributed by atoms with Crippen molar-refractivity contribution < 1.29 is 19.2 Å². The fourth-order valence-corrected chi connectivity index (χ4v) is 2.42. The van der Waals surface area contributed by atoms with Crippen LogP contribution in [0.1, 0.15) is 29.8 Å². The van der Waals surface area contributed by atoms with Crippen molar-refractivity contribution in [3.63, 3.8) is 0 Å². The Morgan fingerprint density at radius 2 is 2.07 bits per heavy atom. The summed E-state index contributed by atoms with van der Waals surface area (Å²) >= 11 is 6.22. The maximum atomic E-state index is 12.1. The predicted octanol–water partition coefficient (Wildman–Crippen LogP) is 3.81. The largest absolute Gasteiger partial charge is 0.493 e. The molecule has 0 radical (unpaired) electrons. The van der Waals surface area contributed by atoms with E-state index in [1.54, 1.807) is 12.1 Å². The number of methoxy groups -OCH3 is 1. The van der Waals surface area contributed by atoms with Crippen LogP contribution in [0.25, 0.3) is 0 Å². The van der Waals surface area contributed by atoms with E-state index in [0.29, 0.717) is 22.1 Å². The highest BCUT2D eigenvalue weighted by molar-refractivity contribution is 6.32. The SMILES string of the molecule is COc1cc(/C=N\NC(=O)c2cccc([N+](=O)[O-])c2)cc(Cl)c1OC(C)C. The number of rotatable bonds is 7. The van der Waals surface area contributed by atoms with Gasteiger partial charge in [-0.2, -0.15) is 5.10 Å². The number of benzene rings is 2. The van der Waals surface area contributed by atoms with Gasteiger partial charge in [0.2, 0.25) is 0 Å². The highest BCUT2D eigenvalue weighted by atomic mass is 35.5. The lowest BCUT2D eigenvalue weighted by atomic mass is 10.2. The summed E-state index contributed by atoms with van der Waals surface area (Å²) in [5.74, 6) is 0.280. The monoisotopic (exact) mass is 391 g/mol. The number of hydrazone groups is 1. The summed E-state index contributed by atoms with van der Waals surface area (Å²) in [6.45, 7) is 3.74. The van der Waals surface area contributed by atoms with Crippen LogP contribution in [0, 0.1) is 10.1 Å². The van der Waals surface area contributed by atoms with Crippen molar-refractivity contribution in [1.29, 1.82) is 0 Å². The van der Waals surface area contributed by atoms with E-state index in [-0.39, 0.29) is 17.4 Å². The van der Waals surface area contributed by atoms with Crippen LogP contribution in [-0.2, 0) is 0 Å². The number of carbonyl (C=O) groups excluding carboxylic acids is 1. The van der Waals surface area contributed by atoms with Crippen molar-refractivity contribution in [2.45, 2.75) is 20.0 Å². The number of nitro benzene ring substituents is 1. The molecular formula is C18H18ClN3O5. The van der Waals surface area contributed by atoms with Gasteiger partial charge >= 0.3 is 0 Å². The molecule has 0 bridgehead atoms. The van der Waals surface area contributed by atoms with E-state index in [4.69, 9.17) is 21.1 Å². The Labute approximate surface area is 160 Å². The molecule has 8 nitrogen and oxygen atoms in total. The molecule has 9 heteroatoms. The summed E-state index contributed by atoms with van der Waals surface area (Å²) in [7, 11) is 1.49. The smallest absolute Gasteiger partial charge is 0.271 e. The quantitative estimate of drug-likeness (QED) is 0.439. The van der Waals surface area contributed by atoms with Crippen molar-refractivity contribution in [3.8, 4) is 11.5 Å². The molecule has 0 saturated carbocycles. The maximum Gasteiger partial charge on any atom is 0.271 e. The molecule has 0 spiro atoms. The first-order valence-electron chi connectivity index (χ1n) is 7.94. The molecule has 27 heavy (non-hydrogen) atoms. The highest BCUT2D eigenvalue weighted by Gasteiger charge is 2.13. The summed E-state index contributed by atoms with van der Waals surface area (Å²) in [6, 6.07) is 8.62. The summed E-state index contributed by atoms with van der Waals surface area (Å²) in [5.41, 5.74) is 2.83. The molecule has 0 fully saturated rings. The molecule has 0 aliphatic heterocycles. The number of hydrogen-bond acceptors (Lipinski definition) is 6. The zero-order chi connectivity index (χ0) is 20.0. The number of carbonyl (C=O) groups is 1. The molecule has 0 unspecified atom stereocenters. The van der Waals surface area contributed by atoms with Crippen LogP contribution in [0.5, 0.6) is 11.5 Å². The van der Waals surface area contributed by atoms with Gasteiger partial charge < -0.3 is 9.47 Å². The van der Waals surface area contributed by atoms with Crippen LogP contribution < -0.4 is 14.9 Å². The van der Waals surface area contributed by atoms with Gasteiger partial charge in [0.25, 0.3) is 11.6 Å². The molecule has 0 aliphatic carbocycles. The van der Waals surface area contributed by atoms with Gasteiger partial charge in [0.1, 0.15) is 0 Å². The number of nitro groups is 1. The minimum Gasteiger partial charge on any atom is -0.493 e. The zero-order valence-electron chi connectivity index (χ0n) is 14.9. The second-order valence-corrected chi connectivity index (χ2v) is 6.11. The Hall–Kier alpha value is -3.13. The summed E-state index contributed by atoms with van der Waals surface area (Å²) in [4.78, 5) is 22.3. The van der Waals surface area contributed by atoms with Gasteiger partial charge in [-0.1, -0.05) is 17.7 Å². The number of nitrogens with zero attached hydrogens (tertiary/aromatic N) is 2. The van der Waals surface area contributed by atoms with E-state index in [2.05, 4.69) is 10.5 Å². The van der Waals surface area contributed by atoms with Crippen LogP contribution in [0.4, 0.5) is 5.69 Å². The molecule has 2 aromatic rings. The molecule has 1 N–H and O–H groups in total. The molecule has 0 aliphatic rings. The topological polar surface area (TPSA) is 103 Å². The van der Waals surface area contributed by atoms with Gasteiger partial charge in [0, 0.05) is 17.7 Å². The van der Waals surface area contributed by atoms with Crippen LogP contribution >= 0.6 is 11.6 Å². The number of halogens is 1. The molecule has 0 aromatic heterocycles. The van der Waals surface area contributed by atoms with E-state index >= 15 is 0 Å². The lowest BCUT2D eigenvalue weighted by Gasteiger charge is -2.15. The van der Waals surface area contributed by atoms with E-state index < -0.39 is 10.8 Å².